The highest BCUT2D eigenvalue weighted by atomic mass is 32.2. The van der Waals surface area contributed by atoms with E-state index in [0.717, 1.165) is 30.0 Å². The average molecular weight is 428 g/mol. The van der Waals surface area contributed by atoms with Gasteiger partial charge in [0.2, 0.25) is 0 Å². The summed E-state index contributed by atoms with van der Waals surface area (Å²) in [6, 6.07) is 1.53. The molecule has 8 heteroatoms. The lowest BCUT2D eigenvalue weighted by Crippen LogP contribution is -2.32. The lowest BCUT2D eigenvalue weighted by Gasteiger charge is -2.20. The van der Waals surface area contributed by atoms with Crippen LogP contribution in [0.4, 0.5) is 5.00 Å². The molecule has 0 aliphatic heterocycles. The molecule has 1 aliphatic rings. The summed E-state index contributed by atoms with van der Waals surface area (Å²) in [5, 5.41) is 4.35. The molecule has 2 rings (SSSR count). The van der Waals surface area contributed by atoms with Crippen molar-refractivity contribution >= 4 is 45.2 Å². The van der Waals surface area contributed by atoms with E-state index in [9.17, 15) is 14.4 Å². The Morgan fingerprint density at radius 3 is 2.71 bits per heavy atom. The Hall–Kier alpha value is -1.54. The fourth-order valence-corrected chi connectivity index (χ4v) is 5.22. The van der Waals surface area contributed by atoms with Crippen LogP contribution in [0, 0.1) is 5.92 Å². The second-order valence-electron chi connectivity index (χ2n) is 6.76. The van der Waals surface area contributed by atoms with Crippen LogP contribution in [0.2, 0.25) is 0 Å². The molecule has 2 atom stereocenters. The molecule has 0 fully saturated rings. The smallest absolute Gasteiger partial charge is 0.328 e. The third kappa shape index (κ3) is 7.13. The summed E-state index contributed by atoms with van der Waals surface area (Å²) in [4.78, 5) is 36.5. The number of esters is 2. The summed E-state index contributed by atoms with van der Waals surface area (Å²) in [5.74, 6) is 0.710. The van der Waals surface area contributed by atoms with Gasteiger partial charge in [-0.1, -0.05) is 11.8 Å². The molecular weight excluding hydrogens is 398 g/mol. The van der Waals surface area contributed by atoms with Crippen molar-refractivity contribution in [3.05, 3.63) is 16.5 Å². The molecule has 0 aromatic carbocycles. The van der Waals surface area contributed by atoms with E-state index in [2.05, 4.69) is 11.4 Å². The van der Waals surface area contributed by atoms with Gasteiger partial charge in [0, 0.05) is 24.0 Å². The monoisotopic (exact) mass is 427 g/mol. The molecule has 1 N–H and O–H groups in total. The van der Waals surface area contributed by atoms with E-state index in [1.807, 2.05) is 0 Å². The predicted molar refractivity (Wildman–Crippen MR) is 113 cm³/mol. The van der Waals surface area contributed by atoms with Gasteiger partial charge in [-0.15, -0.1) is 11.3 Å². The number of hydrogen-bond donors (Lipinski definition) is 1. The predicted octanol–water partition coefficient (Wildman–Crippen LogP) is 3.82. The zero-order valence-electron chi connectivity index (χ0n) is 16.7. The van der Waals surface area contributed by atoms with E-state index >= 15 is 0 Å². The first-order valence-corrected chi connectivity index (χ1v) is 11.6. The number of aryl methyl sites for hydroxylation is 1. The minimum absolute atomic E-state index is 0.165. The minimum atomic E-state index is -0.575. The van der Waals surface area contributed by atoms with Crippen molar-refractivity contribution in [3.63, 3.8) is 0 Å². The minimum Gasteiger partial charge on any atom is -0.466 e. The highest BCUT2D eigenvalue weighted by Crippen LogP contribution is 2.36. The van der Waals surface area contributed by atoms with Gasteiger partial charge in [0.05, 0.1) is 18.2 Å². The van der Waals surface area contributed by atoms with Crippen molar-refractivity contribution in [1.82, 2.24) is 0 Å². The van der Waals surface area contributed by atoms with E-state index < -0.39 is 6.04 Å². The Morgan fingerprint density at radius 2 is 2.04 bits per heavy atom. The van der Waals surface area contributed by atoms with Crippen LogP contribution in [0.5, 0.6) is 0 Å². The number of carbonyl (C=O) groups excluding carboxylic acids is 3. The summed E-state index contributed by atoms with van der Waals surface area (Å²) in [6.07, 6.45) is 3.53. The molecule has 1 aromatic rings. The summed E-state index contributed by atoms with van der Waals surface area (Å²) >= 11 is 3.05. The van der Waals surface area contributed by atoms with E-state index in [-0.39, 0.29) is 23.5 Å². The first-order chi connectivity index (χ1) is 13.4. The molecule has 156 valence electrons. The van der Waals surface area contributed by atoms with Gasteiger partial charge in [-0.05, 0) is 57.1 Å². The molecule has 0 saturated carbocycles. The topological polar surface area (TPSA) is 81.7 Å². The Labute approximate surface area is 174 Å². The second kappa shape index (κ2) is 11.5. The number of anilines is 1. The van der Waals surface area contributed by atoms with Crippen molar-refractivity contribution in [2.24, 2.45) is 5.92 Å². The van der Waals surface area contributed by atoms with Gasteiger partial charge in [0.15, 0.2) is 5.12 Å². The van der Waals surface area contributed by atoms with Crippen LogP contribution in [-0.2, 0) is 36.7 Å². The molecule has 28 heavy (non-hydrogen) atoms. The van der Waals surface area contributed by atoms with Gasteiger partial charge in [-0.2, -0.15) is 0 Å². The standard InChI is InChI=1S/C20H29NO5S2/c1-4-25-19(23)9-8-16(20(24)26-5-2)21-18-11-15-7-6-14(10-17(15)28-18)12-27-13(3)22/h11,14,16,21H,4-10,12H2,1-3H3/t14?,16-/m0/s1. The van der Waals surface area contributed by atoms with Gasteiger partial charge in [0.1, 0.15) is 6.04 Å². The molecule has 1 aromatic heterocycles. The molecule has 1 unspecified atom stereocenters. The number of ether oxygens (including phenoxy) is 2. The normalized spacial score (nSPS) is 16.8. The maximum atomic E-state index is 12.3. The molecule has 0 spiro atoms. The van der Waals surface area contributed by atoms with Crippen molar-refractivity contribution in [1.29, 1.82) is 0 Å². The van der Waals surface area contributed by atoms with Crippen LogP contribution >= 0.6 is 23.1 Å². The molecule has 0 bridgehead atoms. The summed E-state index contributed by atoms with van der Waals surface area (Å²) < 4.78 is 10.1. The molecule has 1 heterocycles. The van der Waals surface area contributed by atoms with E-state index in [4.69, 9.17) is 9.47 Å². The third-order valence-corrected chi connectivity index (χ3v) is 6.72. The van der Waals surface area contributed by atoms with Crippen LogP contribution in [0.3, 0.4) is 0 Å². The van der Waals surface area contributed by atoms with Gasteiger partial charge in [0.25, 0.3) is 0 Å². The summed E-state index contributed by atoms with van der Waals surface area (Å²) in [5.41, 5.74) is 1.31. The Bertz CT molecular complexity index is 688. The Balaban J connectivity index is 1.99. The molecule has 0 radical (unpaired) electrons. The van der Waals surface area contributed by atoms with Crippen LogP contribution in [-0.4, -0.2) is 42.1 Å². The molecule has 0 amide bonds. The second-order valence-corrected chi connectivity index (χ2v) is 9.10. The first kappa shape index (κ1) is 22.7. The number of thiophene rings is 1. The fourth-order valence-electron chi connectivity index (χ4n) is 3.18. The number of fused-ring (bicyclic) bond motifs is 1. The molecule has 0 saturated heterocycles. The van der Waals surface area contributed by atoms with Crippen molar-refractivity contribution in [3.8, 4) is 0 Å². The Kier molecular flexibility index (Phi) is 9.31. The Morgan fingerprint density at radius 1 is 1.29 bits per heavy atom. The maximum Gasteiger partial charge on any atom is 0.328 e. The van der Waals surface area contributed by atoms with Crippen LogP contribution < -0.4 is 5.32 Å². The van der Waals surface area contributed by atoms with E-state index in [0.29, 0.717) is 25.6 Å². The number of nitrogens with one attached hydrogen (secondary N) is 1. The quantitative estimate of drug-likeness (QED) is 0.569. The molecular formula is C20H29NO5S2. The third-order valence-electron chi connectivity index (χ3n) is 4.54. The average Bonchev–Trinajstić information content (AvgIpc) is 3.05. The summed E-state index contributed by atoms with van der Waals surface area (Å²) in [7, 11) is 0. The number of rotatable bonds is 10. The lowest BCUT2D eigenvalue weighted by molar-refractivity contribution is -0.145. The maximum absolute atomic E-state index is 12.3. The largest absolute Gasteiger partial charge is 0.466 e. The number of thioether (sulfide) groups is 1. The number of hydrogen-bond acceptors (Lipinski definition) is 8. The van der Waals surface area contributed by atoms with Crippen molar-refractivity contribution in [2.45, 2.75) is 58.9 Å². The zero-order valence-corrected chi connectivity index (χ0v) is 18.4. The van der Waals surface area contributed by atoms with Crippen LogP contribution in [0.1, 0.15) is 50.5 Å². The molecule has 6 nitrogen and oxygen atoms in total. The van der Waals surface area contributed by atoms with Gasteiger partial charge < -0.3 is 14.8 Å². The zero-order chi connectivity index (χ0) is 20.5. The SMILES string of the molecule is CCOC(=O)CC[C@H](Nc1cc2c(s1)CC(CSC(C)=O)CC2)C(=O)OCC. The van der Waals surface area contributed by atoms with Gasteiger partial charge in [-0.25, -0.2) is 4.79 Å². The van der Waals surface area contributed by atoms with Crippen LogP contribution in [0.15, 0.2) is 6.07 Å². The highest BCUT2D eigenvalue weighted by Gasteiger charge is 2.25. The molecule has 1 aliphatic carbocycles. The summed E-state index contributed by atoms with van der Waals surface area (Å²) in [6.45, 7) is 5.77. The first-order valence-electron chi connectivity index (χ1n) is 9.76. The number of carbonyl (C=O) groups is 3. The van der Waals surface area contributed by atoms with Gasteiger partial charge in [-0.3, -0.25) is 9.59 Å². The van der Waals surface area contributed by atoms with Gasteiger partial charge >= 0.3 is 11.9 Å². The van der Waals surface area contributed by atoms with Crippen molar-refractivity contribution in [2.75, 3.05) is 24.3 Å². The van der Waals surface area contributed by atoms with Crippen molar-refractivity contribution < 1.29 is 23.9 Å². The fraction of sp³-hybridized carbons (Fsp3) is 0.650. The highest BCUT2D eigenvalue weighted by molar-refractivity contribution is 8.13. The van der Waals surface area contributed by atoms with E-state index in [1.165, 1.54) is 22.2 Å². The lowest BCUT2D eigenvalue weighted by atomic mass is 9.90. The van der Waals surface area contributed by atoms with Crippen LogP contribution in [0.25, 0.3) is 0 Å². The van der Waals surface area contributed by atoms with E-state index in [1.54, 1.807) is 32.1 Å².